The van der Waals surface area contributed by atoms with Crippen LogP contribution < -0.4 is 10.2 Å². The van der Waals surface area contributed by atoms with Gasteiger partial charge in [0.1, 0.15) is 12.7 Å². The molecule has 0 saturated carbocycles. The van der Waals surface area contributed by atoms with E-state index in [4.69, 9.17) is 4.99 Å². The second-order valence-corrected chi connectivity index (χ2v) is 7.93. The molecule has 160 valence electrons. The van der Waals surface area contributed by atoms with Crippen molar-refractivity contribution in [3.05, 3.63) is 65.6 Å². The zero-order valence-electron chi connectivity index (χ0n) is 17.1. The van der Waals surface area contributed by atoms with Gasteiger partial charge in [-0.1, -0.05) is 24.3 Å². The highest BCUT2D eigenvalue weighted by Gasteiger charge is 2.20. The first-order chi connectivity index (χ1) is 14.3. The highest BCUT2D eigenvalue weighted by atomic mass is 127. The van der Waals surface area contributed by atoms with E-state index in [1.54, 1.807) is 12.7 Å². The van der Waals surface area contributed by atoms with Gasteiger partial charge in [-0.3, -0.25) is 0 Å². The van der Waals surface area contributed by atoms with Crippen molar-refractivity contribution in [1.82, 2.24) is 25.0 Å². The first kappa shape index (κ1) is 22.5. The number of nitrogens with zero attached hydrogens (tertiary/aromatic N) is 6. The number of thiophene rings is 1. The molecule has 0 amide bonds. The predicted molar refractivity (Wildman–Crippen MR) is 134 cm³/mol. The lowest BCUT2D eigenvalue weighted by Crippen LogP contribution is -2.52. The summed E-state index contributed by atoms with van der Waals surface area (Å²) in [5.74, 6) is 1.00. The lowest BCUT2D eigenvalue weighted by molar-refractivity contribution is 0.373. The van der Waals surface area contributed by atoms with Gasteiger partial charge < -0.3 is 15.1 Å². The molecular weight excluding hydrogens is 509 g/mol. The number of rotatable bonds is 6. The summed E-state index contributed by atoms with van der Waals surface area (Å²) in [5.41, 5.74) is 2.41. The fraction of sp³-hybridized carbons (Fsp3) is 0.381. The fourth-order valence-corrected chi connectivity index (χ4v) is 4.29. The third kappa shape index (κ3) is 5.94. The van der Waals surface area contributed by atoms with E-state index in [2.05, 4.69) is 73.9 Å². The van der Waals surface area contributed by atoms with Crippen LogP contribution >= 0.6 is 35.3 Å². The van der Waals surface area contributed by atoms with E-state index in [0.717, 1.165) is 45.2 Å². The van der Waals surface area contributed by atoms with Gasteiger partial charge in [-0.05, 0) is 35.6 Å². The van der Waals surface area contributed by atoms with Crippen molar-refractivity contribution in [3.8, 4) is 0 Å². The smallest absolute Gasteiger partial charge is 0.194 e. The molecule has 0 radical (unpaired) electrons. The normalized spacial score (nSPS) is 14.5. The van der Waals surface area contributed by atoms with Gasteiger partial charge in [0.05, 0.1) is 18.1 Å². The Morgan fingerprint density at radius 1 is 1.13 bits per heavy atom. The summed E-state index contributed by atoms with van der Waals surface area (Å²) in [5, 5.41) is 11.1. The number of nitrogens with one attached hydrogen (secondary N) is 1. The molecule has 1 N–H and O–H groups in total. The van der Waals surface area contributed by atoms with Crippen molar-refractivity contribution in [2.45, 2.75) is 20.0 Å². The largest absolute Gasteiger partial charge is 0.360 e. The molecule has 0 spiro atoms. The third-order valence-corrected chi connectivity index (χ3v) is 5.87. The Hall–Kier alpha value is -2.14. The second kappa shape index (κ2) is 11.3. The standard InChI is InChI=1S/C21H27N7S.HI/c1-2-23-21(27-10-8-26(9-11-27)20-7-4-12-29-20)24-14-18-5-3-6-19(13-18)15-28-17-22-16-25-28;/h3-7,12-13,16-17H,2,8-11,14-15H2,1H3,(H,23,24);1H. The molecule has 3 aromatic rings. The molecule has 1 aliphatic rings. The summed E-state index contributed by atoms with van der Waals surface area (Å²) in [4.78, 5) is 13.7. The number of guanidine groups is 1. The van der Waals surface area contributed by atoms with Crippen molar-refractivity contribution in [2.75, 3.05) is 37.6 Å². The maximum absolute atomic E-state index is 4.91. The maximum Gasteiger partial charge on any atom is 0.194 e. The maximum atomic E-state index is 4.91. The molecule has 1 aliphatic heterocycles. The van der Waals surface area contributed by atoms with E-state index in [0.29, 0.717) is 6.54 Å². The predicted octanol–water partition coefficient (Wildman–Crippen LogP) is 3.29. The van der Waals surface area contributed by atoms with Crippen LogP contribution in [0.5, 0.6) is 0 Å². The Morgan fingerprint density at radius 3 is 2.67 bits per heavy atom. The summed E-state index contributed by atoms with van der Waals surface area (Å²) in [7, 11) is 0. The minimum Gasteiger partial charge on any atom is -0.360 e. The number of anilines is 1. The first-order valence-electron chi connectivity index (χ1n) is 10.0. The number of hydrogen-bond donors (Lipinski definition) is 1. The van der Waals surface area contributed by atoms with Crippen LogP contribution in [-0.4, -0.2) is 58.3 Å². The second-order valence-electron chi connectivity index (χ2n) is 7.01. The average molecular weight is 537 g/mol. The number of aliphatic imine (C=N–C) groups is 1. The minimum atomic E-state index is 0. The van der Waals surface area contributed by atoms with Crippen LogP contribution in [0.4, 0.5) is 5.00 Å². The van der Waals surface area contributed by atoms with Crippen LogP contribution in [0, 0.1) is 0 Å². The lowest BCUT2D eigenvalue weighted by Gasteiger charge is -2.37. The van der Waals surface area contributed by atoms with E-state index in [1.807, 2.05) is 16.0 Å². The third-order valence-electron chi connectivity index (χ3n) is 4.95. The molecule has 0 aliphatic carbocycles. The van der Waals surface area contributed by atoms with Gasteiger partial charge in [0.2, 0.25) is 0 Å². The average Bonchev–Trinajstić information content (AvgIpc) is 3.46. The van der Waals surface area contributed by atoms with Crippen LogP contribution in [0.15, 0.2) is 59.4 Å². The molecule has 1 aromatic carbocycles. The molecule has 0 unspecified atom stereocenters. The van der Waals surface area contributed by atoms with Crippen LogP contribution in [0.3, 0.4) is 0 Å². The van der Waals surface area contributed by atoms with Gasteiger partial charge in [0, 0.05) is 32.7 Å². The summed E-state index contributed by atoms with van der Waals surface area (Å²) < 4.78 is 1.83. The van der Waals surface area contributed by atoms with Crippen molar-refractivity contribution in [2.24, 2.45) is 4.99 Å². The van der Waals surface area contributed by atoms with Crippen molar-refractivity contribution in [1.29, 1.82) is 0 Å². The van der Waals surface area contributed by atoms with Crippen molar-refractivity contribution in [3.63, 3.8) is 0 Å². The summed E-state index contributed by atoms with van der Waals surface area (Å²) in [6.45, 7) is 8.40. The molecule has 2 aromatic heterocycles. The number of benzene rings is 1. The topological polar surface area (TPSA) is 61.6 Å². The Morgan fingerprint density at radius 2 is 1.97 bits per heavy atom. The Balaban J connectivity index is 0.00000256. The Kier molecular flexibility index (Phi) is 8.50. The van der Waals surface area contributed by atoms with E-state index in [-0.39, 0.29) is 24.0 Å². The van der Waals surface area contributed by atoms with E-state index in [9.17, 15) is 0 Å². The SMILES string of the molecule is CCNC(=NCc1cccc(Cn2cncn2)c1)N1CCN(c2cccs2)CC1.I. The fourth-order valence-electron chi connectivity index (χ4n) is 3.51. The highest BCUT2D eigenvalue weighted by molar-refractivity contribution is 14.0. The van der Waals surface area contributed by atoms with E-state index in [1.165, 1.54) is 16.1 Å². The number of halogens is 1. The minimum absolute atomic E-state index is 0. The molecule has 3 heterocycles. The van der Waals surface area contributed by atoms with Gasteiger partial charge in [-0.25, -0.2) is 14.7 Å². The molecule has 1 fully saturated rings. The zero-order chi connectivity index (χ0) is 19.9. The summed E-state index contributed by atoms with van der Waals surface area (Å²) in [6, 6.07) is 12.9. The Bertz CT molecular complexity index is 903. The van der Waals surface area contributed by atoms with Crippen molar-refractivity contribution < 1.29 is 0 Å². The highest BCUT2D eigenvalue weighted by Crippen LogP contribution is 2.22. The van der Waals surface area contributed by atoms with Crippen LogP contribution in [0.2, 0.25) is 0 Å². The molecule has 1 saturated heterocycles. The number of hydrogen-bond acceptors (Lipinski definition) is 5. The quantitative estimate of drug-likeness (QED) is 0.297. The van der Waals surface area contributed by atoms with Crippen molar-refractivity contribution >= 4 is 46.3 Å². The zero-order valence-corrected chi connectivity index (χ0v) is 20.3. The van der Waals surface area contributed by atoms with Gasteiger partial charge in [0.15, 0.2) is 5.96 Å². The van der Waals surface area contributed by atoms with Gasteiger partial charge >= 0.3 is 0 Å². The van der Waals surface area contributed by atoms with E-state index < -0.39 is 0 Å². The molecule has 9 heteroatoms. The summed E-state index contributed by atoms with van der Waals surface area (Å²) in [6.07, 6.45) is 3.30. The van der Waals surface area contributed by atoms with Gasteiger partial charge in [-0.2, -0.15) is 5.10 Å². The molecule has 30 heavy (non-hydrogen) atoms. The Labute approximate surface area is 198 Å². The molecule has 0 atom stereocenters. The summed E-state index contributed by atoms with van der Waals surface area (Å²) >= 11 is 1.81. The van der Waals surface area contributed by atoms with Crippen LogP contribution in [-0.2, 0) is 13.1 Å². The van der Waals surface area contributed by atoms with Gasteiger partial charge in [-0.15, -0.1) is 35.3 Å². The lowest BCUT2D eigenvalue weighted by atomic mass is 10.1. The number of piperazine rings is 1. The molecule has 7 nitrogen and oxygen atoms in total. The number of aromatic nitrogens is 3. The van der Waals surface area contributed by atoms with Crippen LogP contribution in [0.25, 0.3) is 0 Å². The molecule has 4 rings (SSSR count). The van der Waals surface area contributed by atoms with Crippen LogP contribution in [0.1, 0.15) is 18.1 Å². The molecule has 0 bridgehead atoms. The van der Waals surface area contributed by atoms with Gasteiger partial charge in [0.25, 0.3) is 0 Å². The molecular formula is C21H28IN7S. The monoisotopic (exact) mass is 537 g/mol. The van der Waals surface area contributed by atoms with E-state index >= 15 is 0 Å². The first-order valence-corrected chi connectivity index (χ1v) is 10.9.